The van der Waals surface area contributed by atoms with Crippen molar-refractivity contribution in [2.24, 2.45) is 4.99 Å². The van der Waals surface area contributed by atoms with E-state index < -0.39 is 6.10 Å². The van der Waals surface area contributed by atoms with Gasteiger partial charge in [0.05, 0.1) is 6.10 Å². The molecule has 4 N–H and O–H groups in total. The lowest BCUT2D eigenvalue weighted by atomic mass is 10.1. The van der Waals surface area contributed by atoms with Crippen molar-refractivity contribution in [3.8, 4) is 0 Å². The molecular formula is C28H43N3O2. The van der Waals surface area contributed by atoms with Crippen LogP contribution in [0.25, 0.3) is 0 Å². The lowest BCUT2D eigenvalue weighted by molar-refractivity contribution is 0.173. The molecule has 2 atom stereocenters. The minimum absolute atomic E-state index is 0.313. The van der Waals surface area contributed by atoms with Crippen molar-refractivity contribution in [1.82, 2.24) is 0 Å². The number of aryl methyl sites for hydroxylation is 4. The van der Waals surface area contributed by atoms with Gasteiger partial charge in [-0.1, -0.05) is 62.1 Å². The van der Waals surface area contributed by atoms with E-state index >= 15 is 0 Å². The second-order valence-electron chi connectivity index (χ2n) is 9.13. The van der Waals surface area contributed by atoms with E-state index in [-0.39, 0.29) is 6.10 Å². The van der Waals surface area contributed by atoms with Crippen molar-refractivity contribution >= 4 is 17.6 Å². The molecule has 0 aliphatic carbocycles. The molecule has 0 saturated carbocycles. The lowest BCUT2D eigenvalue weighted by Crippen LogP contribution is -2.21. The summed E-state index contributed by atoms with van der Waals surface area (Å²) in [6, 6.07) is 12.4. The average molecular weight is 454 g/mol. The summed E-state index contributed by atoms with van der Waals surface area (Å²) in [6.07, 6.45) is 7.08. The van der Waals surface area contributed by atoms with Crippen LogP contribution in [0.4, 0.5) is 11.4 Å². The summed E-state index contributed by atoms with van der Waals surface area (Å²) in [6.45, 7) is 10.1. The van der Waals surface area contributed by atoms with Gasteiger partial charge in [-0.2, -0.15) is 0 Å². The molecule has 0 aliphatic rings. The zero-order valence-corrected chi connectivity index (χ0v) is 20.9. The first-order chi connectivity index (χ1) is 15.9. The number of hydrogen-bond acceptors (Lipinski definition) is 5. The number of nitrogens with one attached hydrogen (secondary N) is 2. The number of anilines is 2. The molecule has 2 unspecified atom stereocenters. The maximum absolute atomic E-state index is 10.3. The van der Waals surface area contributed by atoms with E-state index in [4.69, 9.17) is 0 Å². The van der Waals surface area contributed by atoms with Crippen LogP contribution >= 0.6 is 0 Å². The standard InChI is InChI=1S/C28H43N3O2/c1-21-12-10-13-22(2)27(21)30-19-25(32)16-8-6-5-7-9-17-29-18-26(33)20-31-28-23(3)14-11-15-24(28)4/h10-15,18,25-26,30-33H,5-9,16-17,19-20H2,1-4H3. The van der Waals surface area contributed by atoms with Crippen LogP contribution in [0.2, 0.25) is 0 Å². The highest BCUT2D eigenvalue weighted by molar-refractivity contribution is 5.65. The monoisotopic (exact) mass is 453 g/mol. The SMILES string of the molecule is Cc1cccc(C)c1NCC(O)C=NCCCCCCCC(O)CNc1c(C)cccc1C. The molecule has 0 radical (unpaired) electrons. The third kappa shape index (κ3) is 9.97. The first-order valence-electron chi connectivity index (χ1n) is 12.3. The molecule has 5 nitrogen and oxygen atoms in total. The van der Waals surface area contributed by atoms with Crippen LogP contribution in [-0.2, 0) is 0 Å². The van der Waals surface area contributed by atoms with Crippen LogP contribution in [-0.4, -0.2) is 48.3 Å². The molecule has 0 aromatic heterocycles. The molecule has 0 aliphatic heterocycles. The molecule has 2 aromatic rings. The fourth-order valence-corrected chi connectivity index (χ4v) is 4.08. The summed E-state index contributed by atoms with van der Waals surface area (Å²) in [4.78, 5) is 4.38. The van der Waals surface area contributed by atoms with E-state index in [1.54, 1.807) is 6.21 Å². The Balaban J connectivity index is 1.49. The van der Waals surface area contributed by atoms with Gasteiger partial charge in [0.1, 0.15) is 6.10 Å². The maximum Gasteiger partial charge on any atom is 0.106 e. The number of aliphatic imine (C=N–C) groups is 1. The van der Waals surface area contributed by atoms with Crippen LogP contribution < -0.4 is 10.6 Å². The average Bonchev–Trinajstić information content (AvgIpc) is 2.77. The quantitative estimate of drug-likeness (QED) is 0.210. The molecule has 0 saturated heterocycles. The summed E-state index contributed by atoms with van der Waals surface area (Å²) in [7, 11) is 0. The second kappa shape index (κ2) is 14.7. The highest BCUT2D eigenvalue weighted by Crippen LogP contribution is 2.20. The predicted molar refractivity (Wildman–Crippen MR) is 142 cm³/mol. The lowest BCUT2D eigenvalue weighted by Gasteiger charge is -2.16. The molecule has 2 aromatic carbocycles. The fraction of sp³-hybridized carbons (Fsp3) is 0.536. The molecule has 0 spiro atoms. The Morgan fingerprint density at radius 2 is 1.21 bits per heavy atom. The Kier molecular flexibility index (Phi) is 12.0. The molecule has 33 heavy (non-hydrogen) atoms. The Hall–Kier alpha value is -2.37. The molecule has 0 fully saturated rings. The Morgan fingerprint density at radius 1 is 0.727 bits per heavy atom. The maximum atomic E-state index is 10.3. The molecule has 182 valence electrons. The van der Waals surface area contributed by atoms with E-state index in [0.717, 1.165) is 56.4 Å². The molecular weight excluding hydrogens is 410 g/mol. The topological polar surface area (TPSA) is 76.9 Å². The molecule has 2 rings (SSSR count). The number of rotatable bonds is 15. The summed E-state index contributed by atoms with van der Waals surface area (Å²) < 4.78 is 0. The zero-order valence-electron chi connectivity index (χ0n) is 20.9. The summed E-state index contributed by atoms with van der Waals surface area (Å²) >= 11 is 0. The van der Waals surface area contributed by atoms with Gasteiger partial charge in [-0.05, 0) is 62.8 Å². The smallest absolute Gasteiger partial charge is 0.106 e. The number of hydrogen-bond donors (Lipinski definition) is 4. The second-order valence-corrected chi connectivity index (χ2v) is 9.13. The van der Waals surface area contributed by atoms with E-state index in [0.29, 0.717) is 13.1 Å². The summed E-state index contributed by atoms with van der Waals surface area (Å²) in [5, 5.41) is 27.1. The third-order valence-corrected chi connectivity index (χ3v) is 6.07. The fourth-order valence-electron chi connectivity index (χ4n) is 4.08. The van der Waals surface area contributed by atoms with Crippen molar-refractivity contribution < 1.29 is 10.2 Å². The number of benzene rings is 2. The van der Waals surface area contributed by atoms with Gasteiger partial charge in [0.25, 0.3) is 0 Å². The third-order valence-electron chi connectivity index (χ3n) is 6.07. The van der Waals surface area contributed by atoms with Gasteiger partial charge in [-0.3, -0.25) is 4.99 Å². The molecule has 5 heteroatoms. The molecule has 0 heterocycles. The van der Waals surface area contributed by atoms with E-state index in [9.17, 15) is 10.2 Å². The first-order valence-corrected chi connectivity index (χ1v) is 12.3. The van der Waals surface area contributed by atoms with Crippen molar-refractivity contribution in [3.63, 3.8) is 0 Å². The predicted octanol–water partition coefficient (Wildman–Crippen LogP) is 5.58. The van der Waals surface area contributed by atoms with E-state index in [1.165, 1.54) is 22.3 Å². The van der Waals surface area contributed by atoms with Gasteiger partial charge in [0, 0.05) is 37.2 Å². The van der Waals surface area contributed by atoms with E-state index in [2.05, 4.69) is 73.7 Å². The van der Waals surface area contributed by atoms with Gasteiger partial charge in [-0.25, -0.2) is 0 Å². The van der Waals surface area contributed by atoms with Crippen molar-refractivity contribution in [2.45, 2.75) is 78.4 Å². The van der Waals surface area contributed by atoms with Crippen LogP contribution in [0.15, 0.2) is 41.4 Å². The van der Waals surface area contributed by atoms with E-state index in [1.807, 2.05) is 6.07 Å². The van der Waals surface area contributed by atoms with Crippen molar-refractivity contribution in [2.75, 3.05) is 30.3 Å². The van der Waals surface area contributed by atoms with Crippen LogP contribution in [0.3, 0.4) is 0 Å². The van der Waals surface area contributed by atoms with Gasteiger partial charge in [-0.15, -0.1) is 0 Å². The van der Waals surface area contributed by atoms with Crippen LogP contribution in [0.5, 0.6) is 0 Å². The number of aliphatic hydroxyl groups excluding tert-OH is 2. The minimum Gasteiger partial charge on any atom is -0.391 e. The number of unbranched alkanes of at least 4 members (excludes halogenated alkanes) is 4. The largest absolute Gasteiger partial charge is 0.391 e. The number of nitrogens with zero attached hydrogens (tertiary/aromatic N) is 1. The van der Waals surface area contributed by atoms with Gasteiger partial charge >= 0.3 is 0 Å². The molecule has 0 amide bonds. The zero-order chi connectivity index (χ0) is 24.1. The van der Waals surface area contributed by atoms with Crippen molar-refractivity contribution in [3.05, 3.63) is 58.7 Å². The Labute approximate surface area is 200 Å². The van der Waals surface area contributed by atoms with Crippen LogP contribution in [0.1, 0.15) is 60.8 Å². The van der Waals surface area contributed by atoms with Gasteiger partial charge in [0.2, 0.25) is 0 Å². The highest BCUT2D eigenvalue weighted by Gasteiger charge is 2.07. The normalized spacial score (nSPS) is 13.3. The Bertz CT molecular complexity index is 826. The first kappa shape index (κ1) is 26.9. The number of aliphatic hydroxyl groups is 2. The minimum atomic E-state index is -0.581. The Morgan fingerprint density at radius 3 is 1.79 bits per heavy atom. The molecule has 0 bridgehead atoms. The number of para-hydroxylation sites is 2. The van der Waals surface area contributed by atoms with Crippen molar-refractivity contribution in [1.29, 1.82) is 0 Å². The highest BCUT2D eigenvalue weighted by atomic mass is 16.3. The van der Waals surface area contributed by atoms with Gasteiger partial charge in [0.15, 0.2) is 0 Å². The summed E-state index contributed by atoms with van der Waals surface area (Å²) in [5.41, 5.74) is 7.04. The van der Waals surface area contributed by atoms with Crippen LogP contribution in [0, 0.1) is 27.7 Å². The van der Waals surface area contributed by atoms with Gasteiger partial charge < -0.3 is 20.8 Å². The summed E-state index contributed by atoms with van der Waals surface area (Å²) in [5.74, 6) is 0.